The van der Waals surface area contributed by atoms with Gasteiger partial charge in [0.05, 0.1) is 24.9 Å². The first-order chi connectivity index (χ1) is 25.9. The molecule has 9 rings (SSSR count). The van der Waals surface area contributed by atoms with Gasteiger partial charge in [-0.15, -0.1) is 0 Å². The minimum Gasteiger partial charge on any atom is -0.228 e. The van der Waals surface area contributed by atoms with Crippen molar-refractivity contribution in [3.8, 4) is 56.2 Å². The summed E-state index contributed by atoms with van der Waals surface area (Å²) >= 11 is 0. The van der Waals surface area contributed by atoms with Gasteiger partial charge in [0.25, 0.3) is 0 Å². The van der Waals surface area contributed by atoms with E-state index in [9.17, 15) is 0 Å². The highest BCUT2D eigenvalue weighted by Crippen LogP contribution is 2.56. The minimum atomic E-state index is -1.61. The van der Waals surface area contributed by atoms with Gasteiger partial charge in [0, 0.05) is 16.7 Å². The lowest BCUT2D eigenvalue weighted by atomic mass is 9.67. The van der Waals surface area contributed by atoms with Crippen LogP contribution in [0, 0.1) is 0 Å². The molecule has 0 N–H and O–H groups in total. The van der Waals surface area contributed by atoms with Gasteiger partial charge < -0.3 is 0 Å². The Morgan fingerprint density at radius 2 is 0.849 bits per heavy atom. The normalized spacial score (nSPS) is 13.0. The molecule has 0 radical (unpaired) electrons. The molecule has 3 heteroatoms. The number of fused-ring (bicyclic) bond motifs is 3. The van der Waals surface area contributed by atoms with Crippen LogP contribution < -0.4 is 5.19 Å². The Morgan fingerprint density at radius 1 is 0.377 bits per heavy atom. The molecule has 0 atom stereocenters. The van der Waals surface area contributed by atoms with Crippen LogP contribution in [0.15, 0.2) is 188 Å². The molecular formula is C50H40N2Si. The molecule has 0 amide bonds. The fraction of sp³-hybridized carbons (Fsp3) is 0.0800. The van der Waals surface area contributed by atoms with Gasteiger partial charge in [0.2, 0.25) is 0 Å². The predicted octanol–water partition coefficient (Wildman–Crippen LogP) is 12.1. The zero-order chi connectivity index (χ0) is 36.0. The summed E-state index contributed by atoms with van der Waals surface area (Å²) in [4.78, 5) is 10.2. The lowest BCUT2D eigenvalue weighted by molar-refractivity contribution is 0.769. The van der Waals surface area contributed by atoms with E-state index in [4.69, 9.17) is 9.97 Å². The molecule has 8 aromatic rings. The van der Waals surface area contributed by atoms with Crippen LogP contribution in [0.5, 0.6) is 0 Å². The number of hydrogen-bond acceptors (Lipinski definition) is 2. The Balaban J connectivity index is 1.24. The van der Waals surface area contributed by atoms with Gasteiger partial charge >= 0.3 is 0 Å². The zero-order valence-corrected chi connectivity index (χ0v) is 31.3. The summed E-state index contributed by atoms with van der Waals surface area (Å²) in [5.74, 6) is 0.718. The standard InChI is InChI=1S/C50H40N2Si/c1-53(2,3)42-28-30-44-43-29-27-38(32-45(43)50(46(44)33-42,40-23-12-6-13-24-40)41-25-14-7-15-26-41)37-21-16-22-39(31-37)48-34-47(35-17-8-4-9-18-35)51-49(52-48)36-19-10-5-11-20-36/h4-34H,1-3H3. The van der Waals surface area contributed by atoms with E-state index in [1.807, 2.05) is 24.3 Å². The smallest absolute Gasteiger partial charge is 0.160 e. The average Bonchev–Trinajstić information content (AvgIpc) is 3.51. The number of rotatable bonds is 7. The van der Waals surface area contributed by atoms with Gasteiger partial charge in [-0.3, -0.25) is 0 Å². The van der Waals surface area contributed by atoms with Crippen molar-refractivity contribution in [2.45, 2.75) is 25.1 Å². The molecule has 0 aliphatic heterocycles. The van der Waals surface area contributed by atoms with Gasteiger partial charge in [-0.25, -0.2) is 9.97 Å². The van der Waals surface area contributed by atoms with Crippen molar-refractivity contribution in [3.63, 3.8) is 0 Å². The van der Waals surface area contributed by atoms with Crippen molar-refractivity contribution < 1.29 is 0 Å². The van der Waals surface area contributed by atoms with Crippen LogP contribution >= 0.6 is 0 Å². The molecule has 1 aliphatic carbocycles. The van der Waals surface area contributed by atoms with E-state index in [-0.39, 0.29) is 0 Å². The molecule has 254 valence electrons. The first-order valence-electron chi connectivity index (χ1n) is 18.4. The second-order valence-corrected chi connectivity index (χ2v) is 20.1. The Labute approximate surface area is 313 Å². The van der Waals surface area contributed by atoms with E-state index in [0.717, 1.165) is 39.5 Å². The molecule has 0 unspecified atom stereocenters. The Kier molecular flexibility index (Phi) is 8.09. The molecule has 0 spiro atoms. The van der Waals surface area contributed by atoms with E-state index in [1.165, 1.54) is 44.1 Å². The van der Waals surface area contributed by atoms with E-state index >= 15 is 0 Å². The fourth-order valence-corrected chi connectivity index (χ4v) is 9.22. The van der Waals surface area contributed by atoms with Crippen molar-refractivity contribution in [3.05, 3.63) is 210 Å². The molecule has 0 saturated heterocycles. The summed E-state index contributed by atoms with van der Waals surface area (Å²) in [6, 6.07) is 68.2. The van der Waals surface area contributed by atoms with Crippen molar-refractivity contribution >= 4 is 13.3 Å². The summed E-state index contributed by atoms with van der Waals surface area (Å²) in [7, 11) is -1.61. The van der Waals surface area contributed by atoms with Gasteiger partial charge in [-0.1, -0.05) is 195 Å². The van der Waals surface area contributed by atoms with Crippen LogP contribution in [0.2, 0.25) is 19.6 Å². The summed E-state index contributed by atoms with van der Waals surface area (Å²) < 4.78 is 0. The highest BCUT2D eigenvalue weighted by atomic mass is 28.3. The number of aromatic nitrogens is 2. The summed E-state index contributed by atoms with van der Waals surface area (Å²) in [5.41, 5.74) is 14.7. The molecule has 0 bridgehead atoms. The van der Waals surface area contributed by atoms with Gasteiger partial charge in [-0.05, 0) is 62.7 Å². The molecule has 1 aromatic heterocycles. The first-order valence-corrected chi connectivity index (χ1v) is 21.9. The number of hydrogen-bond donors (Lipinski definition) is 0. The van der Waals surface area contributed by atoms with Crippen LogP contribution in [0.25, 0.3) is 56.2 Å². The highest BCUT2D eigenvalue weighted by molar-refractivity contribution is 6.88. The van der Waals surface area contributed by atoms with Crippen LogP contribution in [0.4, 0.5) is 0 Å². The molecule has 1 aliphatic rings. The number of benzene rings is 7. The van der Waals surface area contributed by atoms with Crippen LogP contribution in [0.3, 0.4) is 0 Å². The Hall–Kier alpha value is -6.16. The molecule has 0 saturated carbocycles. The van der Waals surface area contributed by atoms with Crippen LogP contribution in [-0.2, 0) is 5.41 Å². The molecule has 1 heterocycles. The van der Waals surface area contributed by atoms with Gasteiger partial charge in [-0.2, -0.15) is 0 Å². The molecule has 53 heavy (non-hydrogen) atoms. The SMILES string of the molecule is C[Si](C)(C)c1ccc2c(c1)C(c1ccccc1)(c1ccccc1)c1cc(-c3cccc(-c4cc(-c5ccccc5)nc(-c5ccccc5)n4)c3)ccc1-2. The van der Waals surface area contributed by atoms with Crippen LogP contribution in [-0.4, -0.2) is 18.0 Å². The topological polar surface area (TPSA) is 25.8 Å². The molecule has 0 fully saturated rings. The lowest BCUT2D eigenvalue weighted by Crippen LogP contribution is -2.39. The monoisotopic (exact) mass is 696 g/mol. The maximum Gasteiger partial charge on any atom is 0.160 e. The number of nitrogens with zero attached hydrogens (tertiary/aromatic N) is 2. The van der Waals surface area contributed by atoms with Crippen LogP contribution in [0.1, 0.15) is 22.3 Å². The van der Waals surface area contributed by atoms with E-state index < -0.39 is 13.5 Å². The zero-order valence-electron chi connectivity index (χ0n) is 30.3. The van der Waals surface area contributed by atoms with Gasteiger partial charge in [0.1, 0.15) is 0 Å². The van der Waals surface area contributed by atoms with E-state index in [1.54, 1.807) is 0 Å². The highest BCUT2D eigenvalue weighted by Gasteiger charge is 2.46. The van der Waals surface area contributed by atoms with Gasteiger partial charge in [0.15, 0.2) is 5.82 Å². The van der Waals surface area contributed by atoms with Crippen molar-refractivity contribution in [2.75, 3.05) is 0 Å². The van der Waals surface area contributed by atoms with Crippen molar-refractivity contribution in [2.24, 2.45) is 0 Å². The molecular weight excluding hydrogens is 657 g/mol. The summed E-state index contributed by atoms with van der Waals surface area (Å²) in [5, 5.41) is 1.47. The summed E-state index contributed by atoms with van der Waals surface area (Å²) in [6.07, 6.45) is 0. The summed E-state index contributed by atoms with van der Waals surface area (Å²) in [6.45, 7) is 7.33. The minimum absolute atomic E-state index is 0.460. The third kappa shape index (κ3) is 5.74. The first kappa shape index (κ1) is 32.7. The van der Waals surface area contributed by atoms with Crippen molar-refractivity contribution in [1.29, 1.82) is 0 Å². The van der Waals surface area contributed by atoms with E-state index in [2.05, 4.69) is 183 Å². The molecule has 7 aromatic carbocycles. The lowest BCUT2D eigenvalue weighted by Gasteiger charge is -2.35. The molecule has 2 nitrogen and oxygen atoms in total. The maximum atomic E-state index is 5.14. The quantitative estimate of drug-likeness (QED) is 0.155. The largest absolute Gasteiger partial charge is 0.228 e. The second-order valence-electron chi connectivity index (χ2n) is 15.0. The van der Waals surface area contributed by atoms with E-state index in [0.29, 0.717) is 0 Å². The Bertz CT molecular complexity index is 2480. The third-order valence-corrected chi connectivity index (χ3v) is 12.8. The second kappa shape index (κ2) is 13.1. The average molecular weight is 697 g/mol. The third-order valence-electron chi connectivity index (χ3n) is 10.7. The predicted molar refractivity (Wildman–Crippen MR) is 224 cm³/mol. The fourth-order valence-electron chi connectivity index (χ4n) is 8.06. The maximum absolute atomic E-state index is 5.14. The van der Waals surface area contributed by atoms with Crippen molar-refractivity contribution in [1.82, 2.24) is 9.97 Å². The Morgan fingerprint density at radius 3 is 1.45 bits per heavy atom.